The molecule has 0 aliphatic rings. The zero-order chi connectivity index (χ0) is 14.0. The molecule has 8 heteroatoms. The Labute approximate surface area is 106 Å². The van der Waals surface area contributed by atoms with Crippen molar-refractivity contribution in [3.63, 3.8) is 0 Å². The molecule has 0 bridgehead atoms. The molecule has 0 aromatic heterocycles. The highest BCUT2D eigenvalue weighted by atomic mass is 16.7. The van der Waals surface area contributed by atoms with Crippen molar-refractivity contribution in [3.05, 3.63) is 0 Å². The minimum absolute atomic E-state index is 0.224. The maximum Gasteiger partial charge on any atom is 0.431 e. The summed E-state index contributed by atoms with van der Waals surface area (Å²) in [5, 5.41) is 0. The van der Waals surface area contributed by atoms with Gasteiger partial charge in [0.05, 0.1) is 13.2 Å². The standard InChI is InChI=1S/C10H20N2O6/c1-10(2,3)18-9(14)12-17-7-8(13)11-16-6-5-15-4/h5-7H2,1-4H3,(H,11,13)(H,12,14). The van der Waals surface area contributed by atoms with Crippen LogP contribution in [0.2, 0.25) is 0 Å². The lowest BCUT2D eigenvalue weighted by molar-refractivity contribution is -0.141. The smallest absolute Gasteiger partial charge is 0.431 e. The number of rotatable bonds is 7. The van der Waals surface area contributed by atoms with Crippen LogP contribution in [0.1, 0.15) is 20.8 Å². The van der Waals surface area contributed by atoms with Gasteiger partial charge in [0.1, 0.15) is 5.60 Å². The van der Waals surface area contributed by atoms with Crippen LogP contribution in [0.3, 0.4) is 0 Å². The first kappa shape index (κ1) is 16.6. The van der Waals surface area contributed by atoms with Crippen molar-refractivity contribution >= 4 is 12.0 Å². The molecule has 0 spiro atoms. The second-order valence-corrected chi connectivity index (χ2v) is 4.26. The second-order valence-electron chi connectivity index (χ2n) is 4.26. The fourth-order valence-corrected chi connectivity index (χ4v) is 0.745. The van der Waals surface area contributed by atoms with E-state index in [1.165, 1.54) is 7.11 Å². The Morgan fingerprint density at radius 2 is 1.72 bits per heavy atom. The van der Waals surface area contributed by atoms with E-state index in [1.807, 2.05) is 5.48 Å². The first-order valence-corrected chi connectivity index (χ1v) is 5.35. The third-order valence-electron chi connectivity index (χ3n) is 1.33. The highest BCUT2D eigenvalue weighted by Gasteiger charge is 2.16. The summed E-state index contributed by atoms with van der Waals surface area (Å²) >= 11 is 0. The SMILES string of the molecule is COCCONC(=O)CONC(=O)OC(C)(C)C. The van der Waals surface area contributed by atoms with Gasteiger partial charge in [-0.05, 0) is 20.8 Å². The van der Waals surface area contributed by atoms with Crippen LogP contribution in [0.5, 0.6) is 0 Å². The number of carbonyl (C=O) groups is 2. The number of nitrogens with one attached hydrogen (secondary N) is 2. The molecule has 2 amide bonds. The van der Waals surface area contributed by atoms with Crippen molar-refractivity contribution in [2.24, 2.45) is 0 Å². The van der Waals surface area contributed by atoms with Crippen molar-refractivity contribution in [2.45, 2.75) is 26.4 Å². The lowest BCUT2D eigenvalue weighted by atomic mass is 10.2. The van der Waals surface area contributed by atoms with E-state index in [0.29, 0.717) is 6.61 Å². The van der Waals surface area contributed by atoms with E-state index in [9.17, 15) is 9.59 Å². The molecular formula is C10H20N2O6. The number of amides is 2. The Hall–Kier alpha value is -1.38. The van der Waals surface area contributed by atoms with Gasteiger partial charge in [-0.1, -0.05) is 0 Å². The van der Waals surface area contributed by atoms with Crippen LogP contribution in [-0.4, -0.2) is 44.5 Å². The van der Waals surface area contributed by atoms with Crippen molar-refractivity contribution in [1.82, 2.24) is 11.0 Å². The van der Waals surface area contributed by atoms with E-state index in [4.69, 9.17) is 14.3 Å². The number of hydroxylamine groups is 2. The summed E-state index contributed by atoms with van der Waals surface area (Å²) in [6.07, 6.45) is -0.768. The van der Waals surface area contributed by atoms with Gasteiger partial charge in [-0.25, -0.2) is 10.3 Å². The summed E-state index contributed by atoms with van der Waals surface area (Å²) < 4.78 is 9.58. The van der Waals surface area contributed by atoms with Gasteiger partial charge in [-0.3, -0.25) is 14.5 Å². The van der Waals surface area contributed by atoms with E-state index in [1.54, 1.807) is 20.8 Å². The molecule has 0 rings (SSSR count). The van der Waals surface area contributed by atoms with Gasteiger partial charge in [-0.15, -0.1) is 0 Å². The van der Waals surface area contributed by atoms with Crippen LogP contribution >= 0.6 is 0 Å². The molecule has 0 saturated heterocycles. The Kier molecular flexibility index (Phi) is 8.01. The topological polar surface area (TPSA) is 95.1 Å². The molecule has 0 fully saturated rings. The van der Waals surface area contributed by atoms with Gasteiger partial charge >= 0.3 is 6.09 Å². The third kappa shape index (κ3) is 11.1. The minimum atomic E-state index is -0.768. The predicted octanol–water partition coefficient (Wildman–Crippen LogP) is 0.137. The second kappa shape index (κ2) is 8.67. The molecule has 0 heterocycles. The van der Waals surface area contributed by atoms with Gasteiger partial charge in [0.25, 0.3) is 5.91 Å². The van der Waals surface area contributed by atoms with Crippen LogP contribution < -0.4 is 11.0 Å². The number of hydrogen-bond acceptors (Lipinski definition) is 6. The van der Waals surface area contributed by atoms with E-state index >= 15 is 0 Å². The van der Waals surface area contributed by atoms with Crippen LogP contribution in [0.15, 0.2) is 0 Å². The third-order valence-corrected chi connectivity index (χ3v) is 1.33. The molecule has 0 unspecified atom stereocenters. The molecule has 0 aromatic rings. The first-order valence-electron chi connectivity index (χ1n) is 5.35. The fraction of sp³-hybridized carbons (Fsp3) is 0.800. The van der Waals surface area contributed by atoms with Crippen LogP contribution in [-0.2, 0) is 23.9 Å². The minimum Gasteiger partial charge on any atom is -0.442 e. The summed E-state index contributed by atoms with van der Waals surface area (Å²) in [5.41, 5.74) is 3.45. The lowest BCUT2D eigenvalue weighted by Crippen LogP contribution is -2.36. The maximum atomic E-state index is 11.1. The average molecular weight is 264 g/mol. The molecule has 0 atom stereocenters. The highest BCUT2D eigenvalue weighted by Crippen LogP contribution is 2.06. The summed E-state index contributed by atoms with van der Waals surface area (Å²) in [5.74, 6) is -0.540. The van der Waals surface area contributed by atoms with Crippen molar-refractivity contribution < 1.29 is 28.7 Å². The average Bonchev–Trinajstić information content (AvgIpc) is 2.22. The largest absolute Gasteiger partial charge is 0.442 e. The Morgan fingerprint density at radius 3 is 2.28 bits per heavy atom. The number of carbonyl (C=O) groups excluding carboxylic acids is 2. The predicted molar refractivity (Wildman–Crippen MR) is 61.3 cm³/mol. The number of ether oxygens (including phenoxy) is 2. The molecule has 106 valence electrons. The van der Waals surface area contributed by atoms with Gasteiger partial charge in [0.15, 0.2) is 6.61 Å². The highest BCUT2D eigenvalue weighted by molar-refractivity contribution is 5.76. The van der Waals surface area contributed by atoms with E-state index in [2.05, 4.69) is 10.3 Å². The Balaban J connectivity index is 3.53. The van der Waals surface area contributed by atoms with E-state index in [-0.39, 0.29) is 13.2 Å². The number of methoxy groups -OCH3 is 1. The van der Waals surface area contributed by atoms with Gasteiger partial charge in [0.2, 0.25) is 0 Å². The van der Waals surface area contributed by atoms with E-state index < -0.39 is 17.6 Å². The monoisotopic (exact) mass is 264 g/mol. The normalized spacial score (nSPS) is 10.9. The van der Waals surface area contributed by atoms with Crippen LogP contribution in [0.25, 0.3) is 0 Å². The summed E-state index contributed by atoms with van der Waals surface area (Å²) in [7, 11) is 1.51. The summed E-state index contributed by atoms with van der Waals surface area (Å²) in [4.78, 5) is 31.5. The molecule has 0 aromatic carbocycles. The Morgan fingerprint density at radius 1 is 1.06 bits per heavy atom. The zero-order valence-electron chi connectivity index (χ0n) is 11.1. The zero-order valence-corrected chi connectivity index (χ0v) is 11.1. The Bertz CT molecular complexity index is 264. The molecule has 0 aliphatic carbocycles. The molecule has 2 N–H and O–H groups in total. The van der Waals surface area contributed by atoms with E-state index in [0.717, 1.165) is 0 Å². The first-order chi connectivity index (χ1) is 8.35. The van der Waals surface area contributed by atoms with Gasteiger partial charge < -0.3 is 9.47 Å². The van der Waals surface area contributed by atoms with Crippen molar-refractivity contribution in [1.29, 1.82) is 0 Å². The van der Waals surface area contributed by atoms with Gasteiger partial charge in [-0.2, -0.15) is 5.48 Å². The van der Waals surface area contributed by atoms with Crippen molar-refractivity contribution in [2.75, 3.05) is 26.9 Å². The fourth-order valence-electron chi connectivity index (χ4n) is 0.745. The van der Waals surface area contributed by atoms with Crippen LogP contribution in [0, 0.1) is 0 Å². The molecule has 8 nitrogen and oxygen atoms in total. The molecule has 18 heavy (non-hydrogen) atoms. The maximum absolute atomic E-state index is 11.1. The molecular weight excluding hydrogens is 244 g/mol. The van der Waals surface area contributed by atoms with Crippen molar-refractivity contribution in [3.8, 4) is 0 Å². The lowest BCUT2D eigenvalue weighted by Gasteiger charge is -2.19. The van der Waals surface area contributed by atoms with Gasteiger partial charge in [0, 0.05) is 7.11 Å². The molecule has 0 aliphatic heterocycles. The van der Waals surface area contributed by atoms with Crippen LogP contribution in [0.4, 0.5) is 4.79 Å². The quantitative estimate of drug-likeness (QED) is 0.501. The molecule has 0 radical (unpaired) electrons. The number of hydrogen-bond donors (Lipinski definition) is 2. The summed E-state index contributed by atoms with van der Waals surface area (Å²) in [6, 6.07) is 0. The summed E-state index contributed by atoms with van der Waals surface area (Å²) in [6.45, 7) is 5.33. The molecule has 0 saturated carbocycles.